The highest BCUT2D eigenvalue weighted by Crippen LogP contribution is 2.14. The van der Waals surface area contributed by atoms with Crippen LogP contribution in [-0.2, 0) is 9.59 Å². The summed E-state index contributed by atoms with van der Waals surface area (Å²) in [6.45, 7) is 1.19. The van der Waals surface area contributed by atoms with Crippen LogP contribution in [0.25, 0.3) is 0 Å². The van der Waals surface area contributed by atoms with Gasteiger partial charge in [0.15, 0.2) is 5.78 Å². The van der Waals surface area contributed by atoms with E-state index < -0.39 is 23.7 Å². The number of rotatable bonds is 5. The largest absolute Gasteiger partial charge is 0.480 e. The van der Waals surface area contributed by atoms with Gasteiger partial charge in [-0.1, -0.05) is 12.1 Å². The number of hydrogen-bond donors (Lipinski definition) is 3. The smallest absolute Gasteiger partial charge is 0.326 e. The number of nitrogens with one attached hydrogen (secondary N) is 1. The van der Waals surface area contributed by atoms with Crippen LogP contribution in [0.1, 0.15) is 23.7 Å². The molecule has 1 aromatic rings. The number of carboxylic acid groups (broad SMARTS) is 1. The first kappa shape index (κ1) is 13.7. The average molecular weight is 250 g/mol. The van der Waals surface area contributed by atoms with Crippen LogP contribution in [0, 0.1) is 0 Å². The van der Waals surface area contributed by atoms with Gasteiger partial charge in [-0.15, -0.1) is 0 Å². The van der Waals surface area contributed by atoms with Gasteiger partial charge in [-0.2, -0.15) is 0 Å². The van der Waals surface area contributed by atoms with E-state index in [1.165, 1.54) is 13.0 Å². The molecule has 18 heavy (non-hydrogen) atoms. The predicted molar refractivity (Wildman–Crippen MR) is 65.0 cm³/mol. The lowest BCUT2D eigenvalue weighted by Crippen LogP contribution is -2.41. The quantitative estimate of drug-likeness (QED) is 0.518. The summed E-state index contributed by atoms with van der Waals surface area (Å²) in [5.41, 5.74) is 6.16. The van der Waals surface area contributed by atoms with Crippen molar-refractivity contribution in [3.63, 3.8) is 0 Å². The number of carbonyl (C=O) groups is 3. The Balaban J connectivity index is 2.82. The molecule has 0 aromatic heterocycles. The number of nitrogen functional groups attached to an aromatic ring is 1. The molecule has 0 spiro atoms. The molecule has 6 heteroatoms. The number of benzene rings is 1. The van der Waals surface area contributed by atoms with E-state index in [-0.39, 0.29) is 17.7 Å². The van der Waals surface area contributed by atoms with Crippen molar-refractivity contribution in [1.29, 1.82) is 0 Å². The van der Waals surface area contributed by atoms with Crippen LogP contribution >= 0.6 is 0 Å². The summed E-state index contributed by atoms with van der Waals surface area (Å²) < 4.78 is 0. The Bertz CT molecular complexity index is 485. The maximum Gasteiger partial charge on any atom is 0.326 e. The van der Waals surface area contributed by atoms with Gasteiger partial charge in [0, 0.05) is 24.6 Å². The molecule has 0 heterocycles. The molecule has 0 radical (unpaired) electrons. The van der Waals surface area contributed by atoms with Gasteiger partial charge in [0.25, 0.3) is 0 Å². The Morgan fingerprint density at radius 3 is 2.44 bits per heavy atom. The van der Waals surface area contributed by atoms with Gasteiger partial charge in [-0.3, -0.25) is 9.59 Å². The number of hydrogen-bond acceptors (Lipinski definition) is 4. The van der Waals surface area contributed by atoms with E-state index in [0.717, 1.165) is 0 Å². The zero-order valence-corrected chi connectivity index (χ0v) is 9.84. The molecule has 1 rings (SSSR count). The van der Waals surface area contributed by atoms with E-state index in [2.05, 4.69) is 5.32 Å². The Morgan fingerprint density at radius 2 is 1.94 bits per heavy atom. The summed E-state index contributed by atoms with van der Waals surface area (Å²) in [5, 5.41) is 11.1. The topological polar surface area (TPSA) is 109 Å². The van der Waals surface area contributed by atoms with Gasteiger partial charge < -0.3 is 16.2 Å². The van der Waals surface area contributed by atoms with Crippen molar-refractivity contribution < 1.29 is 19.5 Å². The third-order valence-electron chi connectivity index (χ3n) is 2.33. The Morgan fingerprint density at radius 1 is 1.33 bits per heavy atom. The number of Topliss-reactive ketones (excluding diaryl/α,β-unsaturated/α-hetero) is 1. The molecule has 0 saturated carbocycles. The summed E-state index contributed by atoms with van der Waals surface area (Å²) >= 11 is 0. The molecule has 1 amide bonds. The molecule has 1 aromatic carbocycles. The fourth-order valence-corrected chi connectivity index (χ4v) is 1.49. The molecular weight excluding hydrogens is 236 g/mol. The standard InChI is InChI=1S/C12H14N2O4/c1-7(15)14-10(12(17)18)6-11(16)8-4-2-3-5-9(8)13/h2-5,10H,6,13H2,1H3,(H,14,15)(H,17,18). The fourth-order valence-electron chi connectivity index (χ4n) is 1.49. The second-order valence-corrected chi connectivity index (χ2v) is 3.81. The molecule has 1 unspecified atom stereocenters. The molecule has 0 bridgehead atoms. The number of carbonyl (C=O) groups excluding carboxylic acids is 2. The zero-order chi connectivity index (χ0) is 13.7. The highest BCUT2D eigenvalue weighted by Gasteiger charge is 2.23. The third-order valence-corrected chi connectivity index (χ3v) is 2.33. The number of carboxylic acids is 1. The van der Waals surface area contributed by atoms with Gasteiger partial charge in [0.2, 0.25) is 5.91 Å². The molecule has 1 atom stereocenters. The van der Waals surface area contributed by atoms with Crippen LogP contribution in [0.4, 0.5) is 5.69 Å². The zero-order valence-electron chi connectivity index (χ0n) is 9.84. The Hall–Kier alpha value is -2.37. The maximum atomic E-state index is 11.9. The van der Waals surface area contributed by atoms with Crippen molar-refractivity contribution in [2.75, 3.05) is 5.73 Å². The van der Waals surface area contributed by atoms with Crippen LogP contribution in [0.3, 0.4) is 0 Å². The number of nitrogens with two attached hydrogens (primary N) is 1. The molecule has 0 aliphatic rings. The van der Waals surface area contributed by atoms with E-state index in [1.54, 1.807) is 18.2 Å². The van der Waals surface area contributed by atoms with Crippen molar-refractivity contribution >= 4 is 23.3 Å². The van der Waals surface area contributed by atoms with E-state index in [1.807, 2.05) is 0 Å². The summed E-state index contributed by atoms with van der Waals surface area (Å²) in [4.78, 5) is 33.6. The van der Waals surface area contributed by atoms with Gasteiger partial charge in [0.1, 0.15) is 6.04 Å². The van der Waals surface area contributed by atoms with E-state index in [9.17, 15) is 14.4 Å². The van der Waals surface area contributed by atoms with Crippen LogP contribution < -0.4 is 11.1 Å². The lowest BCUT2D eigenvalue weighted by molar-refractivity contribution is -0.141. The summed E-state index contributed by atoms with van der Waals surface area (Å²) in [6.07, 6.45) is -0.330. The number of anilines is 1. The second-order valence-electron chi connectivity index (χ2n) is 3.81. The van der Waals surface area contributed by atoms with E-state index in [4.69, 9.17) is 10.8 Å². The summed E-state index contributed by atoms with van der Waals surface area (Å²) in [5.74, 6) is -2.18. The molecule has 0 saturated heterocycles. The van der Waals surface area contributed by atoms with Crippen molar-refractivity contribution in [1.82, 2.24) is 5.32 Å². The predicted octanol–water partition coefficient (Wildman–Crippen LogP) is 0.431. The van der Waals surface area contributed by atoms with Crippen LogP contribution in [0.2, 0.25) is 0 Å². The summed E-state index contributed by atoms with van der Waals surface area (Å²) in [6, 6.07) is 5.15. The fraction of sp³-hybridized carbons (Fsp3) is 0.250. The highest BCUT2D eigenvalue weighted by molar-refractivity contribution is 6.03. The Labute approximate surface area is 104 Å². The molecule has 6 nitrogen and oxygen atoms in total. The molecular formula is C12H14N2O4. The molecule has 4 N–H and O–H groups in total. The number of aliphatic carboxylic acids is 1. The maximum absolute atomic E-state index is 11.9. The Kier molecular flexibility index (Phi) is 4.42. The van der Waals surface area contributed by atoms with Crippen molar-refractivity contribution in [2.45, 2.75) is 19.4 Å². The molecule has 0 aliphatic carbocycles. The van der Waals surface area contributed by atoms with Crippen molar-refractivity contribution in [3.8, 4) is 0 Å². The van der Waals surface area contributed by atoms with E-state index in [0.29, 0.717) is 0 Å². The lowest BCUT2D eigenvalue weighted by Gasteiger charge is -2.12. The van der Waals surface area contributed by atoms with Gasteiger partial charge in [-0.05, 0) is 12.1 Å². The van der Waals surface area contributed by atoms with Gasteiger partial charge in [0.05, 0.1) is 0 Å². The highest BCUT2D eigenvalue weighted by atomic mass is 16.4. The van der Waals surface area contributed by atoms with Crippen LogP contribution in [-0.4, -0.2) is 28.8 Å². The van der Waals surface area contributed by atoms with Crippen molar-refractivity contribution in [3.05, 3.63) is 29.8 Å². The minimum absolute atomic E-state index is 0.258. The molecule has 0 aliphatic heterocycles. The number of amides is 1. The average Bonchev–Trinajstić information content (AvgIpc) is 2.27. The van der Waals surface area contributed by atoms with Crippen molar-refractivity contribution in [2.24, 2.45) is 0 Å². The third kappa shape index (κ3) is 3.58. The van der Waals surface area contributed by atoms with Crippen LogP contribution in [0.5, 0.6) is 0 Å². The first-order valence-electron chi connectivity index (χ1n) is 5.29. The first-order chi connectivity index (χ1) is 8.41. The molecule has 96 valence electrons. The normalized spacial score (nSPS) is 11.6. The number of para-hydroxylation sites is 1. The minimum atomic E-state index is -1.26. The minimum Gasteiger partial charge on any atom is -0.480 e. The monoisotopic (exact) mass is 250 g/mol. The second kappa shape index (κ2) is 5.81. The summed E-state index contributed by atoms with van der Waals surface area (Å²) in [7, 11) is 0. The van der Waals surface area contributed by atoms with E-state index >= 15 is 0 Å². The lowest BCUT2D eigenvalue weighted by atomic mass is 10.0. The first-order valence-corrected chi connectivity index (χ1v) is 5.29. The SMILES string of the molecule is CC(=O)NC(CC(=O)c1ccccc1N)C(=O)O. The van der Waals surface area contributed by atoms with Gasteiger partial charge >= 0.3 is 5.97 Å². The molecule has 0 fully saturated rings. The number of ketones is 1. The van der Waals surface area contributed by atoms with Gasteiger partial charge in [-0.25, -0.2) is 4.79 Å². The van der Waals surface area contributed by atoms with Crippen LogP contribution in [0.15, 0.2) is 24.3 Å².